The zero-order valence-corrected chi connectivity index (χ0v) is 6.21. The summed E-state index contributed by atoms with van der Waals surface area (Å²) in [4.78, 5) is 0. The second-order valence-corrected chi connectivity index (χ2v) is 1.68. The summed E-state index contributed by atoms with van der Waals surface area (Å²) in [6.07, 6.45) is 0. The molecule has 8 heteroatoms. The molecule has 0 aromatic heterocycles. The van der Waals surface area contributed by atoms with E-state index in [0.717, 1.165) is 0 Å². The Kier molecular flexibility index (Phi) is 15.7. The van der Waals surface area contributed by atoms with Gasteiger partial charge in [0.2, 0.25) is 0 Å². The molecule has 0 aliphatic heterocycles. The Hall–Kier alpha value is 0.891. The molecule has 0 aliphatic rings. The minimum atomic E-state index is -5.75. The Morgan fingerprint density at radius 3 is 1.12 bits per heavy atom. The number of hydrogen-bond acceptors (Lipinski definition) is 5. The summed E-state index contributed by atoms with van der Waals surface area (Å²) in [5.74, 6) is 0. The molecule has 0 saturated heterocycles. The summed E-state index contributed by atoms with van der Waals surface area (Å²) < 4.78 is 42.2. The molecule has 0 rings (SSSR count). The standard InChI is InChI=1S/Cr.2Cu.5O/q;;+2;;;;2*-1. The molecular weight excluding hydrogens is 259 g/mol. The average Bonchev–Trinajstić information content (AvgIpc) is 1.36. The van der Waals surface area contributed by atoms with Crippen LogP contribution in [-0.4, -0.2) is 0 Å². The van der Waals surface area contributed by atoms with Gasteiger partial charge in [0.05, 0.1) is 0 Å². The Labute approximate surface area is 66.3 Å². The molecule has 5 nitrogen and oxygen atoms in total. The van der Waals surface area contributed by atoms with Gasteiger partial charge in [-0.1, -0.05) is 0 Å². The van der Waals surface area contributed by atoms with E-state index >= 15 is 0 Å². The molecular formula is CrCu2O5. The quantitative estimate of drug-likeness (QED) is 0.439. The average molecular weight is 259 g/mol. The first-order valence-corrected chi connectivity index (χ1v) is 3.26. The Morgan fingerprint density at radius 2 is 1.12 bits per heavy atom. The van der Waals surface area contributed by atoms with Crippen molar-refractivity contribution >= 4 is 0 Å². The van der Waals surface area contributed by atoms with Gasteiger partial charge in [0.1, 0.15) is 0 Å². The van der Waals surface area contributed by atoms with Gasteiger partial charge < -0.3 is 0 Å². The molecule has 0 aliphatic carbocycles. The number of rotatable bonds is 0. The van der Waals surface area contributed by atoms with Gasteiger partial charge >= 0.3 is 66.4 Å². The van der Waals surface area contributed by atoms with Gasteiger partial charge in [-0.05, 0) is 0 Å². The van der Waals surface area contributed by atoms with Gasteiger partial charge in [0, 0.05) is 0 Å². The zero-order valence-electron chi connectivity index (χ0n) is 3.05. The Bertz CT molecular complexity index is 104. The van der Waals surface area contributed by atoms with Crippen LogP contribution in [0.15, 0.2) is 0 Å². The Morgan fingerprint density at radius 1 is 1.12 bits per heavy atom. The topological polar surface area (TPSA) is 97.3 Å². The van der Waals surface area contributed by atoms with Gasteiger partial charge in [-0.2, -0.15) is 0 Å². The van der Waals surface area contributed by atoms with Crippen molar-refractivity contribution < 1.29 is 66.4 Å². The molecule has 0 N–H and O–H groups in total. The van der Waals surface area contributed by atoms with Crippen LogP contribution >= 0.6 is 0 Å². The monoisotopic (exact) mass is 258 g/mol. The fraction of sp³-hybridized carbons (Fsp3) is 0. The van der Waals surface area contributed by atoms with E-state index < -0.39 is 13.6 Å². The van der Waals surface area contributed by atoms with Crippen molar-refractivity contribution in [1.29, 1.82) is 0 Å². The van der Waals surface area contributed by atoms with Crippen molar-refractivity contribution in [2.45, 2.75) is 0 Å². The molecule has 58 valence electrons. The van der Waals surface area contributed by atoms with Crippen LogP contribution in [0.1, 0.15) is 0 Å². The van der Waals surface area contributed by atoms with Crippen LogP contribution in [0, 0.1) is 0 Å². The second kappa shape index (κ2) is 7.89. The molecule has 0 amide bonds. The van der Waals surface area contributed by atoms with Crippen LogP contribution in [0.25, 0.3) is 0 Å². The van der Waals surface area contributed by atoms with E-state index in [1.807, 2.05) is 0 Å². The van der Waals surface area contributed by atoms with Crippen molar-refractivity contribution in [3.8, 4) is 0 Å². The molecule has 8 heavy (non-hydrogen) atoms. The molecule has 1 radical (unpaired) electrons. The van der Waals surface area contributed by atoms with E-state index in [1.54, 1.807) is 0 Å². The third-order valence-electron chi connectivity index (χ3n) is 0. The summed E-state index contributed by atoms with van der Waals surface area (Å²) in [5, 5.41) is 0. The third kappa shape index (κ3) is 301. The molecule has 0 aromatic carbocycles. The molecule has 0 unspecified atom stereocenters. The van der Waals surface area contributed by atoms with E-state index in [-0.39, 0.29) is 17.1 Å². The first kappa shape index (κ1) is 16.0. The Balaban J connectivity index is -0.0000000750. The summed E-state index contributed by atoms with van der Waals surface area (Å²) >= 11 is -2.81. The van der Waals surface area contributed by atoms with E-state index in [2.05, 4.69) is 15.9 Å². The van der Waals surface area contributed by atoms with Crippen molar-refractivity contribution in [2.24, 2.45) is 0 Å². The maximum atomic E-state index is 8.59. The van der Waals surface area contributed by atoms with Crippen molar-refractivity contribution in [2.75, 3.05) is 0 Å². The summed E-state index contributed by atoms with van der Waals surface area (Å²) in [6.45, 7) is 0. The predicted octanol–water partition coefficient (Wildman–Crippen LogP) is -2.74. The molecule has 0 bridgehead atoms. The van der Waals surface area contributed by atoms with Gasteiger partial charge in [0.15, 0.2) is 0 Å². The van der Waals surface area contributed by atoms with Gasteiger partial charge in [-0.3, -0.25) is 0 Å². The van der Waals surface area contributed by atoms with Crippen LogP contribution in [0.2, 0.25) is 0 Å². The van der Waals surface area contributed by atoms with E-state index in [9.17, 15) is 0 Å². The van der Waals surface area contributed by atoms with Gasteiger partial charge in [-0.25, -0.2) is 0 Å². The maximum absolute atomic E-state index is 8.59. The first-order chi connectivity index (χ1) is 3.00. The normalized spacial score (nSPS) is 8.00. The van der Waals surface area contributed by atoms with Crippen molar-refractivity contribution in [3.63, 3.8) is 0 Å². The fourth-order valence-corrected chi connectivity index (χ4v) is 0. The minimum absolute atomic E-state index is 0. The summed E-state index contributed by atoms with van der Waals surface area (Å²) in [5.41, 5.74) is 0. The van der Waals surface area contributed by atoms with Gasteiger partial charge in [-0.15, -0.1) is 0 Å². The van der Waals surface area contributed by atoms with Crippen LogP contribution in [0.4, 0.5) is 0 Å². The molecule has 0 fully saturated rings. The molecule has 0 heterocycles. The first-order valence-electron chi connectivity index (χ1n) is 0.790. The summed E-state index contributed by atoms with van der Waals surface area (Å²) in [7, 11) is 0. The van der Waals surface area contributed by atoms with Crippen molar-refractivity contribution in [3.05, 3.63) is 0 Å². The molecule has 0 spiro atoms. The molecule has 0 atom stereocenters. The molecule has 0 aromatic rings. The van der Waals surface area contributed by atoms with Crippen LogP contribution in [0.3, 0.4) is 0 Å². The predicted molar refractivity (Wildman–Crippen MR) is 2.06 cm³/mol. The van der Waals surface area contributed by atoms with E-state index in [1.165, 1.54) is 0 Å². The zero-order chi connectivity index (χ0) is 6.50. The van der Waals surface area contributed by atoms with Crippen molar-refractivity contribution in [1.82, 2.24) is 0 Å². The SMILES string of the molecule is [Cu+2].[O]=[Cr](=[O])([O-])[O-].[O]=[Cu]. The number of hydrogen-bond donors (Lipinski definition) is 0. The van der Waals surface area contributed by atoms with Gasteiger partial charge in [0.25, 0.3) is 0 Å². The van der Waals surface area contributed by atoms with Crippen LogP contribution in [-0.2, 0) is 58.1 Å². The summed E-state index contributed by atoms with van der Waals surface area (Å²) in [6, 6.07) is 0. The van der Waals surface area contributed by atoms with Crippen LogP contribution in [0.5, 0.6) is 0 Å². The third-order valence-corrected chi connectivity index (χ3v) is 0. The molecule has 0 saturated carbocycles. The van der Waals surface area contributed by atoms with E-state index in [0.29, 0.717) is 0 Å². The van der Waals surface area contributed by atoms with Crippen LogP contribution < -0.4 is 8.32 Å². The fourth-order valence-electron chi connectivity index (χ4n) is 0. The second-order valence-electron chi connectivity index (χ2n) is 0.408. The van der Waals surface area contributed by atoms with E-state index in [4.69, 9.17) is 19.8 Å².